The summed E-state index contributed by atoms with van der Waals surface area (Å²) in [4.78, 5) is 22.9. The number of anilines is 1. The van der Waals surface area contributed by atoms with Crippen molar-refractivity contribution in [1.82, 2.24) is 9.97 Å². The predicted molar refractivity (Wildman–Crippen MR) is 92.1 cm³/mol. The lowest BCUT2D eigenvalue weighted by Gasteiger charge is -2.22. The Morgan fingerprint density at radius 3 is 2.88 bits per heavy atom. The lowest BCUT2D eigenvalue weighted by atomic mass is 10.1. The molecule has 1 unspecified atom stereocenters. The van der Waals surface area contributed by atoms with Crippen molar-refractivity contribution in [2.75, 3.05) is 11.5 Å². The van der Waals surface area contributed by atoms with E-state index in [9.17, 15) is 4.79 Å². The maximum absolute atomic E-state index is 12.7. The van der Waals surface area contributed by atoms with Crippen LogP contribution in [0.3, 0.4) is 0 Å². The van der Waals surface area contributed by atoms with Crippen molar-refractivity contribution in [1.29, 1.82) is 0 Å². The van der Waals surface area contributed by atoms with Crippen LogP contribution in [0.15, 0.2) is 54.9 Å². The highest BCUT2D eigenvalue weighted by Gasteiger charge is 2.30. The number of hydrogen-bond acceptors (Lipinski definition) is 4. The molecule has 1 aromatic heterocycles. The first-order valence-corrected chi connectivity index (χ1v) is 7.96. The third kappa shape index (κ3) is 2.48. The number of hydrogen-bond donors (Lipinski definition) is 0. The van der Waals surface area contributed by atoms with Gasteiger partial charge in [0.1, 0.15) is 6.33 Å². The van der Waals surface area contributed by atoms with E-state index in [4.69, 9.17) is 4.74 Å². The zero-order valence-electron chi connectivity index (χ0n) is 13.3. The van der Waals surface area contributed by atoms with Crippen molar-refractivity contribution in [2.24, 2.45) is 0 Å². The summed E-state index contributed by atoms with van der Waals surface area (Å²) >= 11 is 0. The van der Waals surface area contributed by atoms with Gasteiger partial charge < -0.3 is 9.64 Å². The molecule has 0 spiro atoms. The molecule has 0 fully saturated rings. The van der Waals surface area contributed by atoms with E-state index in [1.807, 2.05) is 47.4 Å². The van der Waals surface area contributed by atoms with Gasteiger partial charge in [0.15, 0.2) is 6.61 Å². The molecule has 0 saturated heterocycles. The van der Waals surface area contributed by atoms with E-state index in [2.05, 4.69) is 23.0 Å². The van der Waals surface area contributed by atoms with Crippen LogP contribution >= 0.6 is 0 Å². The summed E-state index contributed by atoms with van der Waals surface area (Å²) in [6.45, 7) is 2.01. The number of fused-ring (bicyclic) bond motifs is 2. The number of para-hydroxylation sites is 2. The van der Waals surface area contributed by atoms with Gasteiger partial charge in [0.05, 0.1) is 10.9 Å². The highest BCUT2D eigenvalue weighted by molar-refractivity contribution is 5.97. The van der Waals surface area contributed by atoms with Gasteiger partial charge in [-0.05, 0) is 37.1 Å². The van der Waals surface area contributed by atoms with Crippen LogP contribution in [-0.4, -0.2) is 28.5 Å². The van der Waals surface area contributed by atoms with Crippen LogP contribution in [0, 0.1) is 0 Å². The molecule has 2 heterocycles. The molecule has 1 aliphatic heterocycles. The molecular formula is C19H17N3O2. The summed E-state index contributed by atoms with van der Waals surface area (Å²) in [6.07, 6.45) is 2.33. The van der Waals surface area contributed by atoms with Gasteiger partial charge in [0, 0.05) is 11.7 Å². The lowest BCUT2D eigenvalue weighted by molar-refractivity contribution is -0.120. The molecule has 0 saturated carbocycles. The van der Waals surface area contributed by atoms with E-state index < -0.39 is 0 Å². The van der Waals surface area contributed by atoms with Crippen LogP contribution in [0.2, 0.25) is 0 Å². The van der Waals surface area contributed by atoms with E-state index in [0.29, 0.717) is 5.88 Å². The molecule has 0 radical (unpaired) electrons. The molecule has 1 amide bonds. The summed E-state index contributed by atoms with van der Waals surface area (Å²) < 4.78 is 5.71. The molecule has 0 N–H and O–H groups in total. The standard InChI is InChI=1S/C19H17N3O2/c1-13-10-14-6-2-5-9-17(14)22(13)18(23)11-24-19-15-7-3-4-8-16(15)20-12-21-19/h2-9,12-13H,10-11H2,1H3. The van der Waals surface area contributed by atoms with E-state index in [1.54, 1.807) is 0 Å². The Morgan fingerprint density at radius 2 is 1.96 bits per heavy atom. The zero-order valence-corrected chi connectivity index (χ0v) is 13.3. The average molecular weight is 319 g/mol. The Kier molecular flexibility index (Phi) is 3.61. The molecule has 1 atom stereocenters. The van der Waals surface area contributed by atoms with Crippen LogP contribution in [-0.2, 0) is 11.2 Å². The first-order chi connectivity index (χ1) is 11.7. The summed E-state index contributed by atoms with van der Waals surface area (Å²) in [5.41, 5.74) is 2.98. The summed E-state index contributed by atoms with van der Waals surface area (Å²) in [5.74, 6) is 0.379. The maximum Gasteiger partial charge on any atom is 0.265 e. The molecule has 0 bridgehead atoms. The second-order valence-electron chi connectivity index (χ2n) is 5.93. The number of nitrogens with zero attached hydrogens (tertiary/aromatic N) is 3. The van der Waals surface area contributed by atoms with Gasteiger partial charge in [0.25, 0.3) is 5.91 Å². The lowest BCUT2D eigenvalue weighted by Crippen LogP contribution is -2.39. The van der Waals surface area contributed by atoms with Gasteiger partial charge in [-0.25, -0.2) is 9.97 Å². The van der Waals surface area contributed by atoms with Gasteiger partial charge in [-0.2, -0.15) is 0 Å². The Morgan fingerprint density at radius 1 is 1.17 bits per heavy atom. The van der Waals surface area contributed by atoms with E-state index in [0.717, 1.165) is 23.0 Å². The van der Waals surface area contributed by atoms with Crippen LogP contribution < -0.4 is 9.64 Å². The first-order valence-electron chi connectivity index (χ1n) is 7.96. The molecule has 1 aliphatic rings. The smallest absolute Gasteiger partial charge is 0.265 e. The van der Waals surface area contributed by atoms with Gasteiger partial charge in [-0.1, -0.05) is 30.3 Å². The second-order valence-corrected chi connectivity index (χ2v) is 5.93. The fourth-order valence-corrected chi connectivity index (χ4v) is 3.24. The van der Waals surface area contributed by atoms with E-state index >= 15 is 0 Å². The monoisotopic (exact) mass is 319 g/mol. The van der Waals surface area contributed by atoms with E-state index in [1.165, 1.54) is 11.9 Å². The van der Waals surface area contributed by atoms with Gasteiger partial charge in [-0.15, -0.1) is 0 Å². The SMILES string of the molecule is CC1Cc2ccccc2N1C(=O)COc1ncnc2ccccc12. The number of aromatic nitrogens is 2. The summed E-state index contributed by atoms with van der Waals surface area (Å²) in [7, 11) is 0. The minimum atomic E-state index is -0.0601. The normalized spacial score (nSPS) is 16.2. The fraction of sp³-hybridized carbons (Fsp3) is 0.211. The minimum absolute atomic E-state index is 0.0420. The Labute approximate surface area is 139 Å². The van der Waals surface area contributed by atoms with Crippen molar-refractivity contribution < 1.29 is 9.53 Å². The van der Waals surface area contributed by atoms with Crippen molar-refractivity contribution >= 4 is 22.5 Å². The Hall–Kier alpha value is -2.95. The molecular weight excluding hydrogens is 302 g/mol. The highest BCUT2D eigenvalue weighted by atomic mass is 16.5. The molecule has 0 aliphatic carbocycles. The molecule has 120 valence electrons. The zero-order chi connectivity index (χ0) is 16.5. The third-order valence-corrected chi connectivity index (χ3v) is 4.31. The van der Waals surface area contributed by atoms with Gasteiger partial charge >= 0.3 is 0 Å². The number of carbonyl (C=O) groups is 1. The molecule has 2 aromatic carbocycles. The van der Waals surface area contributed by atoms with Crippen LogP contribution in [0.25, 0.3) is 10.9 Å². The highest BCUT2D eigenvalue weighted by Crippen LogP contribution is 2.32. The largest absolute Gasteiger partial charge is 0.467 e. The molecule has 5 nitrogen and oxygen atoms in total. The third-order valence-electron chi connectivity index (χ3n) is 4.31. The van der Waals surface area contributed by atoms with Crippen molar-refractivity contribution in [3.8, 4) is 5.88 Å². The first kappa shape index (κ1) is 14.6. The topological polar surface area (TPSA) is 55.3 Å². The van der Waals surface area contributed by atoms with E-state index in [-0.39, 0.29) is 18.6 Å². The summed E-state index contributed by atoms with van der Waals surface area (Å²) in [5, 5.41) is 0.808. The predicted octanol–water partition coefficient (Wildman–Crippen LogP) is 2.99. The quantitative estimate of drug-likeness (QED) is 0.745. The van der Waals surface area contributed by atoms with Crippen LogP contribution in [0.1, 0.15) is 12.5 Å². The van der Waals surface area contributed by atoms with Crippen LogP contribution in [0.5, 0.6) is 5.88 Å². The van der Waals surface area contributed by atoms with Crippen LogP contribution in [0.4, 0.5) is 5.69 Å². The van der Waals surface area contributed by atoms with Crippen molar-refractivity contribution in [3.63, 3.8) is 0 Å². The fourth-order valence-electron chi connectivity index (χ4n) is 3.24. The Bertz CT molecular complexity index is 905. The number of rotatable bonds is 3. The summed E-state index contributed by atoms with van der Waals surface area (Å²) in [6, 6.07) is 15.7. The minimum Gasteiger partial charge on any atom is -0.467 e. The van der Waals surface area contributed by atoms with Gasteiger partial charge in [-0.3, -0.25) is 4.79 Å². The number of amides is 1. The number of ether oxygens (including phenoxy) is 1. The molecule has 4 rings (SSSR count). The number of carbonyl (C=O) groups excluding carboxylic acids is 1. The average Bonchev–Trinajstić information content (AvgIpc) is 2.95. The number of benzene rings is 2. The molecule has 24 heavy (non-hydrogen) atoms. The second kappa shape index (κ2) is 5.92. The van der Waals surface area contributed by atoms with Crippen molar-refractivity contribution in [2.45, 2.75) is 19.4 Å². The van der Waals surface area contributed by atoms with Crippen molar-refractivity contribution in [3.05, 3.63) is 60.4 Å². The molecule has 3 aromatic rings. The molecule has 5 heteroatoms. The maximum atomic E-state index is 12.7. The van der Waals surface area contributed by atoms with Gasteiger partial charge in [0.2, 0.25) is 5.88 Å². The Balaban J connectivity index is 1.55.